The third-order valence-corrected chi connectivity index (χ3v) is 3.55. The summed E-state index contributed by atoms with van der Waals surface area (Å²) in [6.45, 7) is 2.28. The highest BCUT2D eigenvalue weighted by atomic mass is 127. The first kappa shape index (κ1) is 15.4. The van der Waals surface area contributed by atoms with Gasteiger partial charge in [-0.1, -0.05) is 47.6 Å². The van der Waals surface area contributed by atoms with Crippen LogP contribution in [0.3, 0.4) is 0 Å². The molecule has 1 aromatic rings. The molecule has 0 atom stereocenters. The lowest BCUT2D eigenvalue weighted by atomic mass is 10.1. The van der Waals surface area contributed by atoms with E-state index in [1.54, 1.807) is 19.1 Å². The third kappa shape index (κ3) is 4.92. The largest absolute Gasteiger partial charge is 0.352 e. The van der Waals surface area contributed by atoms with E-state index in [4.69, 9.17) is 0 Å². The Morgan fingerprint density at radius 1 is 1.28 bits per heavy atom. The number of amides is 1. The summed E-state index contributed by atoms with van der Waals surface area (Å²) in [6, 6.07) is 4.89. The molecule has 0 aliphatic rings. The average molecular weight is 363 g/mol. The van der Waals surface area contributed by atoms with E-state index in [0.29, 0.717) is 12.1 Å². The van der Waals surface area contributed by atoms with Crippen LogP contribution in [0.25, 0.3) is 0 Å². The maximum atomic E-state index is 13.7. The number of unbranched alkanes of at least 4 members (excludes halogenated alkanes) is 3. The highest BCUT2D eigenvalue weighted by Crippen LogP contribution is 2.11. The molecule has 100 valence electrons. The van der Waals surface area contributed by atoms with Gasteiger partial charge in [-0.05, 0) is 35.8 Å². The van der Waals surface area contributed by atoms with Gasteiger partial charge in [0.2, 0.25) is 0 Å². The van der Waals surface area contributed by atoms with Gasteiger partial charge >= 0.3 is 0 Å². The number of nitrogens with one attached hydrogen (secondary N) is 1. The van der Waals surface area contributed by atoms with Crippen LogP contribution in [-0.4, -0.2) is 16.9 Å². The third-order valence-electron chi connectivity index (χ3n) is 2.78. The van der Waals surface area contributed by atoms with Gasteiger partial charge in [0.25, 0.3) is 5.91 Å². The van der Waals surface area contributed by atoms with Crippen molar-refractivity contribution in [3.05, 3.63) is 35.1 Å². The number of aryl methyl sites for hydroxylation is 1. The Morgan fingerprint density at radius 2 is 2.00 bits per heavy atom. The summed E-state index contributed by atoms with van der Waals surface area (Å²) in [4.78, 5) is 11.8. The molecule has 1 rings (SSSR count). The van der Waals surface area contributed by atoms with E-state index in [-0.39, 0.29) is 11.5 Å². The van der Waals surface area contributed by atoms with Crippen molar-refractivity contribution in [2.75, 3.05) is 11.0 Å². The molecule has 0 saturated carbocycles. The summed E-state index contributed by atoms with van der Waals surface area (Å²) in [7, 11) is 0. The number of carbonyl (C=O) groups excluding carboxylic acids is 1. The molecule has 18 heavy (non-hydrogen) atoms. The molecular formula is C14H19FINO. The minimum atomic E-state index is -0.417. The molecule has 0 aliphatic heterocycles. The van der Waals surface area contributed by atoms with Crippen molar-refractivity contribution in [2.24, 2.45) is 0 Å². The molecule has 0 heterocycles. The quantitative estimate of drug-likeness (QED) is 0.445. The predicted octanol–water partition coefficient (Wildman–Crippen LogP) is 3.86. The Morgan fingerprint density at radius 3 is 2.72 bits per heavy atom. The maximum absolute atomic E-state index is 13.7. The molecule has 1 aromatic carbocycles. The lowest BCUT2D eigenvalue weighted by Crippen LogP contribution is -2.25. The minimum Gasteiger partial charge on any atom is -0.352 e. The number of hydrogen-bond donors (Lipinski definition) is 1. The lowest BCUT2D eigenvalue weighted by molar-refractivity contribution is 0.0948. The summed E-state index contributed by atoms with van der Waals surface area (Å²) < 4.78 is 14.8. The van der Waals surface area contributed by atoms with Gasteiger partial charge in [0.05, 0.1) is 5.56 Å². The zero-order chi connectivity index (χ0) is 13.4. The Kier molecular flexibility index (Phi) is 7.23. The number of benzene rings is 1. The molecule has 0 aromatic heterocycles. The number of alkyl halides is 1. The van der Waals surface area contributed by atoms with Gasteiger partial charge in [-0.15, -0.1) is 0 Å². The van der Waals surface area contributed by atoms with Crippen molar-refractivity contribution < 1.29 is 9.18 Å². The van der Waals surface area contributed by atoms with Gasteiger partial charge in [0.1, 0.15) is 5.82 Å². The van der Waals surface area contributed by atoms with Gasteiger partial charge in [-0.3, -0.25) is 4.79 Å². The first-order valence-corrected chi connectivity index (χ1v) is 7.78. The molecule has 4 heteroatoms. The molecule has 0 fully saturated rings. The lowest BCUT2D eigenvalue weighted by Gasteiger charge is -2.07. The van der Waals surface area contributed by atoms with Crippen LogP contribution in [0, 0.1) is 12.7 Å². The number of hydrogen-bond acceptors (Lipinski definition) is 1. The van der Waals surface area contributed by atoms with Crippen LogP contribution in [0.2, 0.25) is 0 Å². The van der Waals surface area contributed by atoms with Crippen LogP contribution in [0.4, 0.5) is 4.39 Å². The monoisotopic (exact) mass is 363 g/mol. The normalized spacial score (nSPS) is 10.4. The highest BCUT2D eigenvalue weighted by molar-refractivity contribution is 14.1. The van der Waals surface area contributed by atoms with Crippen molar-refractivity contribution >= 4 is 28.5 Å². The van der Waals surface area contributed by atoms with Gasteiger partial charge in [-0.25, -0.2) is 4.39 Å². The van der Waals surface area contributed by atoms with E-state index < -0.39 is 5.82 Å². The van der Waals surface area contributed by atoms with Gasteiger partial charge in [0, 0.05) is 6.54 Å². The van der Waals surface area contributed by atoms with Crippen molar-refractivity contribution in [2.45, 2.75) is 32.6 Å². The average Bonchev–Trinajstić information content (AvgIpc) is 2.36. The fraction of sp³-hybridized carbons (Fsp3) is 0.500. The predicted molar refractivity (Wildman–Crippen MR) is 80.8 cm³/mol. The van der Waals surface area contributed by atoms with Crippen LogP contribution in [0.1, 0.15) is 41.6 Å². The molecule has 0 aliphatic carbocycles. The summed E-state index contributed by atoms with van der Waals surface area (Å²) >= 11 is 2.36. The van der Waals surface area contributed by atoms with E-state index in [1.807, 2.05) is 0 Å². The molecule has 0 bridgehead atoms. The Labute approximate surface area is 121 Å². The molecule has 1 N–H and O–H groups in total. The SMILES string of the molecule is Cc1cccc(C(=O)NCCCCCCI)c1F. The summed E-state index contributed by atoms with van der Waals surface area (Å²) in [6.07, 6.45) is 4.48. The molecule has 2 nitrogen and oxygen atoms in total. The van der Waals surface area contributed by atoms with Crippen LogP contribution in [0.15, 0.2) is 18.2 Å². The maximum Gasteiger partial charge on any atom is 0.254 e. The standard InChI is InChI=1S/C14H19FINO/c1-11-7-6-8-12(13(11)15)14(18)17-10-5-3-2-4-9-16/h6-8H,2-5,9-10H2,1H3,(H,17,18). The van der Waals surface area contributed by atoms with E-state index in [9.17, 15) is 9.18 Å². The number of carbonyl (C=O) groups is 1. The minimum absolute atomic E-state index is 0.141. The van der Waals surface area contributed by atoms with Gasteiger partial charge < -0.3 is 5.32 Å². The fourth-order valence-electron chi connectivity index (χ4n) is 1.69. The second-order valence-electron chi connectivity index (χ2n) is 4.30. The van der Waals surface area contributed by atoms with E-state index in [2.05, 4.69) is 27.9 Å². The fourth-order valence-corrected chi connectivity index (χ4v) is 2.23. The molecular weight excluding hydrogens is 344 g/mol. The zero-order valence-corrected chi connectivity index (χ0v) is 12.8. The molecule has 0 unspecified atom stereocenters. The summed E-state index contributed by atoms with van der Waals surface area (Å²) in [5.41, 5.74) is 0.645. The smallest absolute Gasteiger partial charge is 0.254 e. The van der Waals surface area contributed by atoms with Crippen molar-refractivity contribution in [3.8, 4) is 0 Å². The van der Waals surface area contributed by atoms with E-state index in [1.165, 1.54) is 23.3 Å². The van der Waals surface area contributed by atoms with Gasteiger partial charge in [0.15, 0.2) is 0 Å². The second kappa shape index (κ2) is 8.45. The Bertz CT molecular complexity index is 395. The van der Waals surface area contributed by atoms with Crippen molar-refractivity contribution in [3.63, 3.8) is 0 Å². The topological polar surface area (TPSA) is 29.1 Å². The summed E-state index contributed by atoms with van der Waals surface area (Å²) in [5, 5.41) is 2.76. The Balaban J connectivity index is 2.35. The van der Waals surface area contributed by atoms with Crippen LogP contribution in [-0.2, 0) is 0 Å². The molecule has 0 saturated heterocycles. The van der Waals surface area contributed by atoms with Crippen molar-refractivity contribution in [1.82, 2.24) is 5.32 Å². The molecule has 1 amide bonds. The first-order valence-electron chi connectivity index (χ1n) is 6.26. The Hall–Kier alpha value is -0.650. The van der Waals surface area contributed by atoms with Crippen LogP contribution >= 0.6 is 22.6 Å². The highest BCUT2D eigenvalue weighted by Gasteiger charge is 2.11. The molecule has 0 radical (unpaired) electrons. The number of rotatable bonds is 7. The first-order chi connectivity index (χ1) is 8.66. The van der Waals surface area contributed by atoms with Crippen LogP contribution < -0.4 is 5.32 Å². The zero-order valence-electron chi connectivity index (χ0n) is 10.6. The second-order valence-corrected chi connectivity index (χ2v) is 5.37. The summed E-state index contributed by atoms with van der Waals surface area (Å²) in [5.74, 6) is -0.731. The van der Waals surface area contributed by atoms with Crippen molar-refractivity contribution in [1.29, 1.82) is 0 Å². The van der Waals surface area contributed by atoms with Gasteiger partial charge in [-0.2, -0.15) is 0 Å². The van der Waals surface area contributed by atoms with E-state index >= 15 is 0 Å². The number of halogens is 2. The molecule has 0 spiro atoms. The van der Waals surface area contributed by atoms with E-state index in [0.717, 1.165) is 12.8 Å². The van der Waals surface area contributed by atoms with Crippen LogP contribution in [0.5, 0.6) is 0 Å².